The van der Waals surface area contributed by atoms with E-state index in [4.69, 9.17) is 5.26 Å². The van der Waals surface area contributed by atoms with Crippen molar-refractivity contribution in [3.05, 3.63) is 29.3 Å². The maximum absolute atomic E-state index is 11.8. The van der Waals surface area contributed by atoms with Crippen LogP contribution in [-0.2, 0) is 10.0 Å². The van der Waals surface area contributed by atoms with Crippen molar-refractivity contribution in [2.75, 3.05) is 10.5 Å². The van der Waals surface area contributed by atoms with E-state index in [1.807, 2.05) is 19.9 Å². The molecule has 0 aromatic heterocycles. The highest BCUT2D eigenvalue weighted by atomic mass is 32.2. The molecule has 0 aliphatic carbocycles. The van der Waals surface area contributed by atoms with Crippen molar-refractivity contribution in [2.45, 2.75) is 20.8 Å². The van der Waals surface area contributed by atoms with Gasteiger partial charge in [-0.1, -0.05) is 26.0 Å². The predicted octanol–water partition coefficient (Wildman–Crippen LogP) is 2.26. The number of sulfonamides is 1. The van der Waals surface area contributed by atoms with Gasteiger partial charge in [0.05, 0.1) is 17.0 Å². The van der Waals surface area contributed by atoms with Gasteiger partial charge in [-0.15, -0.1) is 0 Å². The molecule has 0 saturated carbocycles. The molecule has 0 spiro atoms. The van der Waals surface area contributed by atoms with Gasteiger partial charge in [0.2, 0.25) is 10.0 Å². The zero-order valence-electron chi connectivity index (χ0n) is 10.2. The molecule has 1 N–H and O–H groups in total. The SMILES string of the molecule is Cc1cccc(NS(=O)(=O)CC(C)C)c1C#N. The fourth-order valence-corrected chi connectivity index (χ4v) is 3.02. The fraction of sp³-hybridized carbons (Fsp3) is 0.417. The van der Waals surface area contributed by atoms with E-state index in [0.717, 1.165) is 5.56 Å². The lowest BCUT2D eigenvalue weighted by Gasteiger charge is -2.11. The molecule has 1 rings (SSSR count). The Balaban J connectivity index is 3.05. The largest absolute Gasteiger partial charge is 0.282 e. The van der Waals surface area contributed by atoms with Crippen LogP contribution in [0.3, 0.4) is 0 Å². The summed E-state index contributed by atoms with van der Waals surface area (Å²) in [5, 5.41) is 8.99. The molecule has 5 heteroatoms. The van der Waals surface area contributed by atoms with Crippen LogP contribution in [0.2, 0.25) is 0 Å². The maximum Gasteiger partial charge on any atom is 0.233 e. The lowest BCUT2D eigenvalue weighted by molar-refractivity contribution is 0.587. The first-order chi connectivity index (χ1) is 7.85. The third-order valence-corrected chi connectivity index (χ3v) is 3.84. The van der Waals surface area contributed by atoms with E-state index in [9.17, 15) is 8.42 Å². The minimum absolute atomic E-state index is 0.0443. The lowest BCUT2D eigenvalue weighted by atomic mass is 10.1. The van der Waals surface area contributed by atoms with Gasteiger partial charge in [-0.3, -0.25) is 4.72 Å². The van der Waals surface area contributed by atoms with Crippen molar-refractivity contribution in [1.29, 1.82) is 5.26 Å². The van der Waals surface area contributed by atoms with Crippen molar-refractivity contribution in [1.82, 2.24) is 0 Å². The van der Waals surface area contributed by atoms with E-state index in [0.29, 0.717) is 11.3 Å². The van der Waals surface area contributed by atoms with Gasteiger partial charge < -0.3 is 0 Å². The third kappa shape index (κ3) is 3.75. The second-order valence-corrected chi connectivity index (χ2v) is 6.15. The molecule has 0 unspecified atom stereocenters. The van der Waals surface area contributed by atoms with Crippen LogP contribution in [-0.4, -0.2) is 14.2 Å². The molecule has 1 aromatic rings. The van der Waals surface area contributed by atoms with Crippen molar-refractivity contribution < 1.29 is 8.42 Å². The van der Waals surface area contributed by atoms with Crippen LogP contribution in [0.15, 0.2) is 18.2 Å². The van der Waals surface area contributed by atoms with Crippen LogP contribution < -0.4 is 4.72 Å². The molecule has 4 nitrogen and oxygen atoms in total. The van der Waals surface area contributed by atoms with E-state index >= 15 is 0 Å². The second kappa shape index (κ2) is 5.19. The molecule has 0 fully saturated rings. The summed E-state index contributed by atoms with van der Waals surface area (Å²) in [6.45, 7) is 5.44. The Hall–Kier alpha value is -1.54. The molecule has 0 bridgehead atoms. The van der Waals surface area contributed by atoms with Gasteiger partial charge in [-0.2, -0.15) is 5.26 Å². The van der Waals surface area contributed by atoms with Gasteiger partial charge in [0.15, 0.2) is 0 Å². The highest BCUT2D eigenvalue weighted by Gasteiger charge is 2.15. The summed E-state index contributed by atoms with van der Waals surface area (Å²) in [5.74, 6) is 0.0917. The van der Waals surface area contributed by atoms with Crippen LogP contribution in [0.4, 0.5) is 5.69 Å². The summed E-state index contributed by atoms with van der Waals surface area (Å²) in [4.78, 5) is 0. The van der Waals surface area contributed by atoms with E-state index in [1.54, 1.807) is 25.1 Å². The Morgan fingerprint density at radius 1 is 1.41 bits per heavy atom. The van der Waals surface area contributed by atoms with Gasteiger partial charge in [0.25, 0.3) is 0 Å². The van der Waals surface area contributed by atoms with E-state index in [2.05, 4.69) is 4.72 Å². The molecule has 0 aliphatic rings. The maximum atomic E-state index is 11.8. The monoisotopic (exact) mass is 252 g/mol. The summed E-state index contributed by atoms with van der Waals surface area (Å²) >= 11 is 0. The number of anilines is 1. The van der Waals surface area contributed by atoms with Crippen molar-refractivity contribution in [3.63, 3.8) is 0 Å². The minimum atomic E-state index is -3.38. The van der Waals surface area contributed by atoms with Crippen LogP contribution in [0.25, 0.3) is 0 Å². The summed E-state index contributed by atoms with van der Waals surface area (Å²) in [6, 6.07) is 7.12. The van der Waals surface area contributed by atoms with Gasteiger partial charge in [0, 0.05) is 0 Å². The Bertz CT molecular complexity index is 542. The molecule has 0 aliphatic heterocycles. The Kier molecular flexibility index (Phi) is 4.13. The number of nitriles is 1. The van der Waals surface area contributed by atoms with Crippen molar-refractivity contribution in [3.8, 4) is 6.07 Å². The third-order valence-electron chi connectivity index (χ3n) is 2.20. The fourth-order valence-electron chi connectivity index (χ4n) is 1.55. The number of benzene rings is 1. The highest BCUT2D eigenvalue weighted by molar-refractivity contribution is 7.92. The first-order valence-electron chi connectivity index (χ1n) is 5.36. The minimum Gasteiger partial charge on any atom is -0.282 e. The number of nitrogens with zero attached hydrogens (tertiary/aromatic N) is 1. The molecule has 0 heterocycles. The molecule has 17 heavy (non-hydrogen) atoms. The van der Waals surface area contributed by atoms with Crippen LogP contribution in [0, 0.1) is 24.2 Å². The molecule has 0 amide bonds. The first kappa shape index (κ1) is 13.5. The Labute approximate surface area is 102 Å². The molecular weight excluding hydrogens is 236 g/mol. The number of nitrogens with one attached hydrogen (secondary N) is 1. The molecule has 0 atom stereocenters. The quantitative estimate of drug-likeness (QED) is 0.893. The normalized spacial score (nSPS) is 11.2. The number of hydrogen-bond acceptors (Lipinski definition) is 3. The first-order valence-corrected chi connectivity index (χ1v) is 7.01. The van der Waals surface area contributed by atoms with E-state index in [-0.39, 0.29) is 11.7 Å². The van der Waals surface area contributed by atoms with Crippen LogP contribution >= 0.6 is 0 Å². The second-order valence-electron chi connectivity index (χ2n) is 4.39. The zero-order valence-corrected chi connectivity index (χ0v) is 11.0. The molecule has 92 valence electrons. The van der Waals surface area contributed by atoms with Crippen LogP contribution in [0.1, 0.15) is 25.0 Å². The van der Waals surface area contributed by atoms with E-state index < -0.39 is 10.0 Å². The van der Waals surface area contributed by atoms with E-state index in [1.165, 1.54) is 0 Å². The number of rotatable bonds is 4. The lowest BCUT2D eigenvalue weighted by Crippen LogP contribution is -2.20. The molecule has 0 saturated heterocycles. The zero-order chi connectivity index (χ0) is 13.1. The van der Waals surface area contributed by atoms with Gasteiger partial charge in [-0.25, -0.2) is 8.42 Å². The molecule has 0 radical (unpaired) electrons. The summed E-state index contributed by atoms with van der Waals surface area (Å²) in [6.07, 6.45) is 0. The van der Waals surface area contributed by atoms with Gasteiger partial charge >= 0.3 is 0 Å². The molecular formula is C12H16N2O2S. The van der Waals surface area contributed by atoms with Gasteiger partial charge in [-0.05, 0) is 24.5 Å². The Morgan fingerprint density at radius 3 is 2.59 bits per heavy atom. The summed E-state index contributed by atoms with van der Waals surface area (Å²) < 4.78 is 26.0. The van der Waals surface area contributed by atoms with Crippen molar-refractivity contribution >= 4 is 15.7 Å². The average Bonchev–Trinajstić information content (AvgIpc) is 2.14. The molecule has 1 aromatic carbocycles. The predicted molar refractivity (Wildman–Crippen MR) is 68.1 cm³/mol. The summed E-state index contributed by atoms with van der Waals surface area (Å²) in [5.41, 5.74) is 1.49. The van der Waals surface area contributed by atoms with Gasteiger partial charge in [0.1, 0.15) is 6.07 Å². The standard InChI is InChI=1S/C12H16N2O2S/c1-9(2)8-17(15,16)14-12-6-4-5-10(3)11(12)7-13/h4-6,9,14H,8H2,1-3H3. The van der Waals surface area contributed by atoms with Crippen LogP contribution in [0.5, 0.6) is 0 Å². The average molecular weight is 252 g/mol. The topological polar surface area (TPSA) is 70.0 Å². The Morgan fingerprint density at radius 2 is 2.06 bits per heavy atom. The smallest absolute Gasteiger partial charge is 0.233 e. The number of aryl methyl sites for hydroxylation is 1. The number of hydrogen-bond donors (Lipinski definition) is 1. The van der Waals surface area contributed by atoms with Crippen molar-refractivity contribution in [2.24, 2.45) is 5.92 Å². The highest BCUT2D eigenvalue weighted by Crippen LogP contribution is 2.20. The summed E-state index contributed by atoms with van der Waals surface area (Å²) in [7, 11) is -3.38.